The van der Waals surface area contributed by atoms with Crippen LogP contribution in [0.25, 0.3) is 11.1 Å². The summed E-state index contributed by atoms with van der Waals surface area (Å²) >= 11 is 0. The molecule has 168 valence electrons. The van der Waals surface area contributed by atoms with Crippen molar-refractivity contribution in [2.45, 2.75) is 44.9 Å². The molecular formula is C29H31N3O. The molecule has 0 radical (unpaired) electrons. The summed E-state index contributed by atoms with van der Waals surface area (Å²) in [6, 6.07) is 24.5. The molecule has 2 N–H and O–H groups in total. The fraction of sp³-hybridized carbons (Fsp3) is 0.310. The number of aryl methyl sites for hydroxylation is 2. The predicted octanol–water partition coefficient (Wildman–Crippen LogP) is 5.96. The molecule has 0 unspecified atom stereocenters. The summed E-state index contributed by atoms with van der Waals surface area (Å²) in [6.07, 6.45) is 4.45. The highest BCUT2D eigenvalue weighted by Crippen LogP contribution is 2.30. The summed E-state index contributed by atoms with van der Waals surface area (Å²) in [7, 11) is 0. The Morgan fingerprint density at radius 3 is 2.58 bits per heavy atom. The highest BCUT2D eigenvalue weighted by molar-refractivity contribution is 5.90. The Morgan fingerprint density at radius 2 is 1.82 bits per heavy atom. The van der Waals surface area contributed by atoms with Crippen molar-refractivity contribution in [2.24, 2.45) is 0 Å². The number of rotatable bonds is 7. The minimum absolute atomic E-state index is 0.0645. The van der Waals surface area contributed by atoms with E-state index in [1.165, 1.54) is 16.7 Å². The normalized spacial score (nSPS) is 13.9. The number of amides is 1. The van der Waals surface area contributed by atoms with E-state index in [2.05, 4.69) is 60.0 Å². The molecule has 0 bridgehead atoms. The van der Waals surface area contributed by atoms with Crippen LogP contribution in [-0.2, 0) is 11.2 Å². The minimum Gasteiger partial charge on any atom is -0.326 e. The average molecular weight is 438 g/mol. The Hall–Kier alpha value is -3.42. The van der Waals surface area contributed by atoms with Gasteiger partial charge in [0.25, 0.3) is 0 Å². The number of anilines is 1. The molecule has 1 aliphatic rings. The van der Waals surface area contributed by atoms with Crippen LogP contribution in [0.2, 0.25) is 0 Å². The van der Waals surface area contributed by atoms with Gasteiger partial charge < -0.3 is 10.6 Å². The predicted molar refractivity (Wildman–Crippen MR) is 134 cm³/mol. The van der Waals surface area contributed by atoms with Gasteiger partial charge in [0.15, 0.2) is 0 Å². The van der Waals surface area contributed by atoms with Crippen LogP contribution in [0.3, 0.4) is 0 Å². The lowest BCUT2D eigenvalue weighted by Crippen LogP contribution is -2.27. The summed E-state index contributed by atoms with van der Waals surface area (Å²) in [5.41, 5.74) is 7.45. The molecule has 0 atom stereocenters. The van der Waals surface area contributed by atoms with Gasteiger partial charge in [0.1, 0.15) is 0 Å². The first-order valence-electron chi connectivity index (χ1n) is 11.8. The van der Waals surface area contributed by atoms with Crippen LogP contribution < -0.4 is 10.6 Å². The van der Waals surface area contributed by atoms with Gasteiger partial charge >= 0.3 is 0 Å². The maximum atomic E-state index is 12.5. The van der Waals surface area contributed by atoms with E-state index in [0.29, 0.717) is 17.9 Å². The van der Waals surface area contributed by atoms with Gasteiger partial charge in [-0.05, 0) is 97.6 Å². The van der Waals surface area contributed by atoms with Crippen LogP contribution in [0.15, 0.2) is 66.7 Å². The van der Waals surface area contributed by atoms with Crippen molar-refractivity contribution >= 4 is 11.6 Å². The van der Waals surface area contributed by atoms with E-state index in [1.54, 1.807) is 0 Å². The Kier molecular flexibility index (Phi) is 7.55. The Bertz CT molecular complexity index is 1140. The number of nitriles is 1. The van der Waals surface area contributed by atoms with Crippen LogP contribution in [0, 0.1) is 18.3 Å². The number of piperidine rings is 1. The lowest BCUT2D eigenvalue weighted by atomic mass is 9.87. The third kappa shape index (κ3) is 5.88. The molecule has 33 heavy (non-hydrogen) atoms. The second-order valence-corrected chi connectivity index (χ2v) is 8.85. The second kappa shape index (κ2) is 10.9. The number of nitrogens with one attached hydrogen (secondary N) is 2. The number of hydrogen-bond acceptors (Lipinski definition) is 3. The van der Waals surface area contributed by atoms with Gasteiger partial charge in [0.2, 0.25) is 5.91 Å². The highest BCUT2D eigenvalue weighted by atomic mass is 16.1. The van der Waals surface area contributed by atoms with Crippen LogP contribution in [-0.4, -0.2) is 19.0 Å². The molecule has 4 rings (SSSR count). The number of carbonyl (C=O) groups is 1. The molecule has 0 aromatic heterocycles. The van der Waals surface area contributed by atoms with Crippen molar-refractivity contribution in [3.63, 3.8) is 0 Å². The third-order valence-electron chi connectivity index (χ3n) is 6.52. The lowest BCUT2D eigenvalue weighted by Gasteiger charge is -2.25. The summed E-state index contributed by atoms with van der Waals surface area (Å²) < 4.78 is 0. The maximum absolute atomic E-state index is 12.5. The van der Waals surface area contributed by atoms with Gasteiger partial charge in [-0.2, -0.15) is 5.26 Å². The quantitative estimate of drug-likeness (QED) is 0.479. The zero-order valence-corrected chi connectivity index (χ0v) is 19.2. The zero-order chi connectivity index (χ0) is 23.0. The topological polar surface area (TPSA) is 64.9 Å². The molecule has 3 aromatic carbocycles. The van der Waals surface area contributed by atoms with E-state index in [-0.39, 0.29) is 5.91 Å². The summed E-state index contributed by atoms with van der Waals surface area (Å²) in [4.78, 5) is 12.5. The van der Waals surface area contributed by atoms with Crippen molar-refractivity contribution in [1.82, 2.24) is 5.32 Å². The number of hydrogen-bond donors (Lipinski definition) is 2. The van der Waals surface area contributed by atoms with E-state index in [1.807, 2.05) is 30.3 Å². The largest absolute Gasteiger partial charge is 0.326 e. The van der Waals surface area contributed by atoms with E-state index in [9.17, 15) is 10.1 Å². The van der Waals surface area contributed by atoms with E-state index >= 15 is 0 Å². The van der Waals surface area contributed by atoms with Crippen molar-refractivity contribution in [1.29, 1.82) is 5.26 Å². The Morgan fingerprint density at radius 1 is 1.06 bits per heavy atom. The van der Waals surface area contributed by atoms with Crippen LogP contribution >= 0.6 is 0 Å². The Labute approximate surface area is 196 Å². The number of benzene rings is 3. The van der Waals surface area contributed by atoms with Gasteiger partial charge in [-0.3, -0.25) is 4.79 Å². The SMILES string of the molecule is Cc1ccc(NC(=O)CCCc2ccc(-c3ccccc3C#N)cc2)cc1C1CCNCC1. The average Bonchev–Trinajstić information content (AvgIpc) is 2.86. The molecule has 4 nitrogen and oxygen atoms in total. The molecule has 1 saturated heterocycles. The highest BCUT2D eigenvalue weighted by Gasteiger charge is 2.17. The molecular weight excluding hydrogens is 406 g/mol. The molecule has 0 spiro atoms. The van der Waals surface area contributed by atoms with Crippen LogP contribution in [0.1, 0.15) is 53.9 Å². The lowest BCUT2D eigenvalue weighted by molar-refractivity contribution is -0.116. The summed E-state index contributed by atoms with van der Waals surface area (Å²) in [5, 5.41) is 15.8. The van der Waals surface area contributed by atoms with Crippen molar-refractivity contribution in [2.75, 3.05) is 18.4 Å². The molecule has 3 aromatic rings. The third-order valence-corrected chi connectivity index (χ3v) is 6.52. The first-order valence-corrected chi connectivity index (χ1v) is 11.8. The molecule has 1 amide bonds. The molecule has 4 heteroatoms. The van der Waals surface area contributed by atoms with Gasteiger partial charge in [-0.15, -0.1) is 0 Å². The second-order valence-electron chi connectivity index (χ2n) is 8.85. The monoisotopic (exact) mass is 437 g/mol. The number of carbonyl (C=O) groups excluding carboxylic acids is 1. The minimum atomic E-state index is 0.0645. The van der Waals surface area contributed by atoms with Gasteiger partial charge in [0, 0.05) is 12.1 Å². The smallest absolute Gasteiger partial charge is 0.224 e. The number of nitrogens with zero attached hydrogens (tertiary/aromatic N) is 1. The van der Waals surface area contributed by atoms with Gasteiger partial charge in [-0.1, -0.05) is 48.5 Å². The Balaban J connectivity index is 1.30. The maximum Gasteiger partial charge on any atom is 0.224 e. The first-order chi connectivity index (χ1) is 16.1. The standard InChI is InChI=1S/C29H31N3O/c1-21-9-14-26(19-28(21)24-15-17-31-18-16-24)32-29(33)8-4-5-22-10-12-23(13-11-22)27-7-3-2-6-25(27)20-30/h2-3,6-7,9-14,19,24,31H,4-5,8,15-18H2,1H3,(H,32,33). The van der Waals surface area contributed by atoms with Crippen molar-refractivity contribution < 1.29 is 4.79 Å². The molecule has 0 saturated carbocycles. The van der Waals surface area contributed by atoms with Crippen LogP contribution in [0.4, 0.5) is 5.69 Å². The molecule has 1 aliphatic heterocycles. The van der Waals surface area contributed by atoms with Crippen molar-refractivity contribution in [3.8, 4) is 17.2 Å². The zero-order valence-electron chi connectivity index (χ0n) is 19.2. The van der Waals surface area contributed by atoms with Gasteiger partial charge in [-0.25, -0.2) is 0 Å². The van der Waals surface area contributed by atoms with E-state index < -0.39 is 0 Å². The van der Waals surface area contributed by atoms with Crippen molar-refractivity contribution in [3.05, 3.63) is 89.0 Å². The molecule has 0 aliphatic carbocycles. The van der Waals surface area contributed by atoms with E-state index in [4.69, 9.17) is 0 Å². The molecule has 1 heterocycles. The van der Waals surface area contributed by atoms with Gasteiger partial charge in [0.05, 0.1) is 11.6 Å². The first kappa shape index (κ1) is 22.8. The summed E-state index contributed by atoms with van der Waals surface area (Å²) in [5.74, 6) is 0.640. The molecule has 1 fully saturated rings. The van der Waals surface area contributed by atoms with Crippen LogP contribution in [0.5, 0.6) is 0 Å². The summed E-state index contributed by atoms with van der Waals surface area (Å²) in [6.45, 7) is 4.28. The van der Waals surface area contributed by atoms with E-state index in [0.717, 1.165) is 55.6 Å². The fourth-order valence-corrected chi connectivity index (χ4v) is 4.65. The fourth-order valence-electron chi connectivity index (χ4n) is 4.65.